The first-order valence-corrected chi connectivity index (χ1v) is 6.20. The Kier molecular flexibility index (Phi) is 3.95. The summed E-state index contributed by atoms with van der Waals surface area (Å²) in [5.41, 5.74) is 0.981. The van der Waals surface area contributed by atoms with Crippen LogP contribution in [0, 0.1) is 5.92 Å². The van der Waals surface area contributed by atoms with Gasteiger partial charge in [0.25, 0.3) is 0 Å². The first kappa shape index (κ1) is 13.7. The van der Waals surface area contributed by atoms with Crippen molar-refractivity contribution in [1.29, 1.82) is 0 Å². The van der Waals surface area contributed by atoms with Gasteiger partial charge in [-0.25, -0.2) is 0 Å². The van der Waals surface area contributed by atoms with Gasteiger partial charge >= 0.3 is 5.97 Å². The van der Waals surface area contributed by atoms with Crippen molar-refractivity contribution in [3.05, 3.63) is 23.8 Å². The number of likely N-dealkylation sites (tertiary alicyclic amines) is 1. The number of methoxy groups -OCH3 is 2. The Morgan fingerprint density at radius 2 is 1.95 bits per heavy atom. The van der Waals surface area contributed by atoms with Crippen LogP contribution in [0.4, 0.5) is 0 Å². The fourth-order valence-corrected chi connectivity index (χ4v) is 2.67. The molecular weight excluding hydrogens is 246 g/mol. The molecule has 2 rings (SSSR count). The summed E-state index contributed by atoms with van der Waals surface area (Å²) in [5.74, 6) is 0.165. The Labute approximate surface area is 112 Å². The molecule has 0 radical (unpaired) electrons. The maximum Gasteiger partial charge on any atom is 0.308 e. The normalized spacial score (nSPS) is 23.3. The molecule has 0 saturated carbocycles. The van der Waals surface area contributed by atoms with Crippen LogP contribution in [0.1, 0.15) is 11.5 Å². The third-order valence-corrected chi connectivity index (χ3v) is 3.66. The lowest BCUT2D eigenvalue weighted by molar-refractivity contribution is -0.141. The minimum atomic E-state index is -0.746. The SMILES string of the molecule is COc1ccc([C@@H]2CN(C)C[C@H]2C(=O)O)cc1OC. The van der Waals surface area contributed by atoms with Crippen LogP contribution in [0.25, 0.3) is 0 Å². The summed E-state index contributed by atoms with van der Waals surface area (Å²) in [5, 5.41) is 9.31. The number of nitrogens with zero attached hydrogens (tertiary/aromatic N) is 1. The highest BCUT2D eigenvalue weighted by molar-refractivity contribution is 5.72. The van der Waals surface area contributed by atoms with Gasteiger partial charge in [0.05, 0.1) is 20.1 Å². The van der Waals surface area contributed by atoms with Gasteiger partial charge < -0.3 is 19.5 Å². The highest BCUT2D eigenvalue weighted by Crippen LogP contribution is 2.36. The van der Waals surface area contributed by atoms with Crippen LogP contribution in [0.15, 0.2) is 18.2 Å². The second-order valence-electron chi connectivity index (χ2n) is 4.89. The molecule has 0 aromatic heterocycles. The number of benzene rings is 1. The van der Waals surface area contributed by atoms with Crippen LogP contribution < -0.4 is 9.47 Å². The van der Waals surface area contributed by atoms with E-state index < -0.39 is 5.97 Å². The average molecular weight is 265 g/mol. The standard InChI is InChI=1S/C14H19NO4/c1-15-7-10(11(8-15)14(16)17)9-4-5-12(18-2)13(6-9)19-3/h4-6,10-11H,7-8H2,1-3H3,(H,16,17)/t10-,11+/m0/s1. The van der Waals surface area contributed by atoms with E-state index in [-0.39, 0.29) is 11.8 Å². The van der Waals surface area contributed by atoms with Crippen LogP contribution in [0.2, 0.25) is 0 Å². The molecule has 0 amide bonds. The van der Waals surface area contributed by atoms with E-state index in [4.69, 9.17) is 9.47 Å². The Hall–Kier alpha value is -1.75. The van der Waals surface area contributed by atoms with E-state index in [2.05, 4.69) is 0 Å². The molecule has 1 fully saturated rings. The summed E-state index contributed by atoms with van der Waals surface area (Å²) in [4.78, 5) is 13.4. The number of carboxylic acid groups (broad SMARTS) is 1. The molecule has 5 heteroatoms. The maximum absolute atomic E-state index is 11.3. The number of likely N-dealkylation sites (N-methyl/N-ethyl adjacent to an activating group) is 1. The van der Waals surface area contributed by atoms with Crippen LogP contribution in [-0.4, -0.2) is 50.3 Å². The van der Waals surface area contributed by atoms with Crippen molar-refractivity contribution in [2.45, 2.75) is 5.92 Å². The lowest BCUT2D eigenvalue weighted by Crippen LogP contribution is -2.21. The first-order chi connectivity index (χ1) is 9.06. The molecule has 0 unspecified atom stereocenters. The molecule has 19 heavy (non-hydrogen) atoms. The smallest absolute Gasteiger partial charge is 0.308 e. The zero-order valence-electron chi connectivity index (χ0n) is 11.4. The van der Waals surface area contributed by atoms with E-state index in [1.807, 2.05) is 30.1 Å². The van der Waals surface area contributed by atoms with Crippen molar-refractivity contribution >= 4 is 5.97 Å². The van der Waals surface area contributed by atoms with Crippen molar-refractivity contribution in [3.8, 4) is 11.5 Å². The number of aliphatic carboxylic acids is 1. The zero-order chi connectivity index (χ0) is 14.0. The summed E-state index contributed by atoms with van der Waals surface area (Å²) in [6.45, 7) is 1.32. The number of rotatable bonds is 4. The molecule has 1 aliphatic heterocycles. The number of ether oxygens (including phenoxy) is 2. The average Bonchev–Trinajstić information content (AvgIpc) is 2.80. The number of carboxylic acids is 1. The predicted octanol–water partition coefficient (Wildman–Crippen LogP) is 1.43. The molecule has 0 aliphatic carbocycles. The predicted molar refractivity (Wildman–Crippen MR) is 70.9 cm³/mol. The molecule has 1 heterocycles. The topological polar surface area (TPSA) is 59.0 Å². The lowest BCUT2D eigenvalue weighted by Gasteiger charge is -2.17. The molecule has 0 spiro atoms. The van der Waals surface area contributed by atoms with Gasteiger partial charge in [0, 0.05) is 19.0 Å². The van der Waals surface area contributed by atoms with E-state index in [1.54, 1.807) is 14.2 Å². The summed E-state index contributed by atoms with van der Waals surface area (Å²) in [6, 6.07) is 5.62. The third-order valence-electron chi connectivity index (χ3n) is 3.66. The summed E-state index contributed by atoms with van der Waals surface area (Å²) >= 11 is 0. The molecular formula is C14H19NO4. The quantitative estimate of drug-likeness (QED) is 0.892. The van der Waals surface area contributed by atoms with Gasteiger partial charge in [-0.1, -0.05) is 6.07 Å². The largest absolute Gasteiger partial charge is 0.493 e. The van der Waals surface area contributed by atoms with E-state index in [0.29, 0.717) is 18.0 Å². The van der Waals surface area contributed by atoms with E-state index in [1.165, 1.54) is 0 Å². The Bertz CT molecular complexity index is 475. The molecule has 0 bridgehead atoms. The molecule has 1 saturated heterocycles. The van der Waals surface area contributed by atoms with Gasteiger partial charge in [-0.05, 0) is 24.7 Å². The van der Waals surface area contributed by atoms with Gasteiger partial charge in [0.15, 0.2) is 11.5 Å². The first-order valence-electron chi connectivity index (χ1n) is 6.20. The minimum absolute atomic E-state index is 0.0118. The summed E-state index contributed by atoms with van der Waals surface area (Å²) < 4.78 is 10.5. The van der Waals surface area contributed by atoms with Gasteiger partial charge in [0.1, 0.15) is 0 Å². The van der Waals surface area contributed by atoms with E-state index in [0.717, 1.165) is 12.1 Å². The van der Waals surface area contributed by atoms with Crippen LogP contribution >= 0.6 is 0 Å². The van der Waals surface area contributed by atoms with E-state index >= 15 is 0 Å². The maximum atomic E-state index is 11.3. The monoisotopic (exact) mass is 265 g/mol. The third kappa shape index (κ3) is 2.66. The van der Waals surface area contributed by atoms with Crippen molar-refractivity contribution in [1.82, 2.24) is 4.90 Å². The zero-order valence-corrected chi connectivity index (χ0v) is 11.4. The molecule has 1 N–H and O–H groups in total. The highest BCUT2D eigenvalue weighted by Gasteiger charge is 2.37. The number of hydrogen-bond acceptors (Lipinski definition) is 4. The van der Waals surface area contributed by atoms with Gasteiger partial charge in [-0.15, -0.1) is 0 Å². The molecule has 2 atom stereocenters. The number of carbonyl (C=O) groups is 1. The lowest BCUT2D eigenvalue weighted by atomic mass is 9.89. The highest BCUT2D eigenvalue weighted by atomic mass is 16.5. The van der Waals surface area contributed by atoms with Crippen LogP contribution in [0.3, 0.4) is 0 Å². The fraction of sp³-hybridized carbons (Fsp3) is 0.500. The fourth-order valence-electron chi connectivity index (χ4n) is 2.67. The summed E-state index contributed by atoms with van der Waals surface area (Å²) in [7, 11) is 5.11. The van der Waals surface area contributed by atoms with Gasteiger partial charge in [0.2, 0.25) is 0 Å². The van der Waals surface area contributed by atoms with Crippen LogP contribution in [-0.2, 0) is 4.79 Å². The molecule has 5 nitrogen and oxygen atoms in total. The van der Waals surface area contributed by atoms with Crippen molar-refractivity contribution in [3.63, 3.8) is 0 Å². The van der Waals surface area contributed by atoms with Crippen molar-refractivity contribution in [2.24, 2.45) is 5.92 Å². The summed E-state index contributed by atoms with van der Waals surface area (Å²) in [6.07, 6.45) is 0. The Balaban J connectivity index is 2.33. The Morgan fingerprint density at radius 1 is 1.26 bits per heavy atom. The molecule has 1 aliphatic rings. The molecule has 104 valence electrons. The van der Waals surface area contributed by atoms with E-state index in [9.17, 15) is 9.90 Å². The van der Waals surface area contributed by atoms with Gasteiger partial charge in [-0.3, -0.25) is 4.79 Å². The Morgan fingerprint density at radius 3 is 2.53 bits per heavy atom. The second-order valence-corrected chi connectivity index (χ2v) is 4.89. The molecule has 1 aromatic carbocycles. The van der Waals surface area contributed by atoms with Crippen LogP contribution in [0.5, 0.6) is 11.5 Å². The molecule has 1 aromatic rings. The van der Waals surface area contributed by atoms with Gasteiger partial charge in [-0.2, -0.15) is 0 Å². The minimum Gasteiger partial charge on any atom is -0.493 e. The van der Waals surface area contributed by atoms with Crippen molar-refractivity contribution in [2.75, 3.05) is 34.4 Å². The number of hydrogen-bond donors (Lipinski definition) is 1. The van der Waals surface area contributed by atoms with Crippen molar-refractivity contribution < 1.29 is 19.4 Å². The second kappa shape index (κ2) is 5.48.